The second kappa shape index (κ2) is 5.93. The zero-order valence-electron chi connectivity index (χ0n) is 11.6. The third kappa shape index (κ3) is 3.03. The van der Waals surface area contributed by atoms with Gasteiger partial charge in [0.25, 0.3) is 0 Å². The number of pyridine rings is 1. The zero-order chi connectivity index (χ0) is 14.7. The molecule has 0 saturated carbocycles. The first-order valence-electron chi connectivity index (χ1n) is 6.66. The SMILES string of the molecule is Cc1sc2cnccc2c1NC(=O)NCc1ccccc1. The van der Waals surface area contributed by atoms with Gasteiger partial charge in [-0.05, 0) is 18.6 Å². The Bertz CT molecular complexity index is 768. The molecule has 0 bridgehead atoms. The Balaban J connectivity index is 1.70. The number of benzene rings is 1. The summed E-state index contributed by atoms with van der Waals surface area (Å²) in [5.74, 6) is 0. The lowest BCUT2D eigenvalue weighted by Crippen LogP contribution is -2.28. The average Bonchev–Trinajstić information content (AvgIpc) is 2.82. The van der Waals surface area contributed by atoms with E-state index in [-0.39, 0.29) is 6.03 Å². The average molecular weight is 297 g/mol. The molecule has 3 aromatic rings. The van der Waals surface area contributed by atoms with Crippen LogP contribution in [0.2, 0.25) is 0 Å². The molecule has 2 N–H and O–H groups in total. The van der Waals surface area contributed by atoms with E-state index in [1.54, 1.807) is 17.5 Å². The van der Waals surface area contributed by atoms with Gasteiger partial charge in [0, 0.05) is 29.2 Å². The maximum atomic E-state index is 12.0. The van der Waals surface area contributed by atoms with E-state index in [0.29, 0.717) is 6.54 Å². The second-order valence-corrected chi connectivity index (χ2v) is 5.95. The number of urea groups is 1. The Kier molecular flexibility index (Phi) is 3.83. The molecule has 0 unspecified atom stereocenters. The van der Waals surface area contributed by atoms with Crippen LogP contribution in [0.25, 0.3) is 10.1 Å². The van der Waals surface area contributed by atoms with Gasteiger partial charge in [-0.25, -0.2) is 4.79 Å². The molecular formula is C16H15N3OS. The standard InChI is InChI=1S/C16H15N3OS/c1-11-15(13-7-8-17-10-14(13)21-11)19-16(20)18-9-12-5-3-2-4-6-12/h2-8,10H,9H2,1H3,(H2,18,19,20). The molecule has 2 aromatic heterocycles. The molecule has 0 spiro atoms. The van der Waals surface area contributed by atoms with Gasteiger partial charge in [0.15, 0.2) is 0 Å². The molecule has 1 aromatic carbocycles. The fourth-order valence-electron chi connectivity index (χ4n) is 2.16. The summed E-state index contributed by atoms with van der Waals surface area (Å²) < 4.78 is 1.08. The molecule has 4 nitrogen and oxygen atoms in total. The van der Waals surface area contributed by atoms with Gasteiger partial charge in [0.2, 0.25) is 0 Å². The first kappa shape index (κ1) is 13.6. The first-order valence-corrected chi connectivity index (χ1v) is 7.47. The lowest BCUT2D eigenvalue weighted by molar-refractivity contribution is 0.252. The molecular weight excluding hydrogens is 282 g/mol. The van der Waals surface area contributed by atoms with Gasteiger partial charge in [-0.15, -0.1) is 11.3 Å². The second-order valence-electron chi connectivity index (χ2n) is 4.70. The van der Waals surface area contributed by atoms with Crippen molar-refractivity contribution < 1.29 is 4.79 Å². The molecule has 0 aliphatic rings. The number of rotatable bonds is 3. The third-order valence-electron chi connectivity index (χ3n) is 3.20. The molecule has 0 saturated heterocycles. The molecule has 0 aliphatic carbocycles. The van der Waals surface area contributed by atoms with Crippen molar-refractivity contribution in [2.45, 2.75) is 13.5 Å². The molecule has 5 heteroatoms. The Morgan fingerprint density at radius 3 is 2.86 bits per heavy atom. The summed E-state index contributed by atoms with van der Waals surface area (Å²) in [6, 6.07) is 11.6. The number of hydrogen-bond acceptors (Lipinski definition) is 3. The molecule has 3 rings (SSSR count). The van der Waals surface area contributed by atoms with E-state index < -0.39 is 0 Å². The van der Waals surface area contributed by atoms with E-state index in [4.69, 9.17) is 0 Å². The number of nitrogens with one attached hydrogen (secondary N) is 2. The first-order chi connectivity index (χ1) is 10.2. The van der Waals surface area contributed by atoms with E-state index in [1.165, 1.54) is 0 Å². The van der Waals surface area contributed by atoms with Crippen molar-refractivity contribution in [3.05, 3.63) is 59.2 Å². The number of carbonyl (C=O) groups excluding carboxylic acids is 1. The van der Waals surface area contributed by atoms with E-state index in [0.717, 1.165) is 26.2 Å². The number of aryl methyl sites for hydroxylation is 1. The van der Waals surface area contributed by atoms with Crippen molar-refractivity contribution in [3.63, 3.8) is 0 Å². The lowest BCUT2D eigenvalue weighted by Gasteiger charge is -2.08. The van der Waals surface area contributed by atoms with Crippen molar-refractivity contribution >= 4 is 33.1 Å². The molecule has 2 heterocycles. The minimum absolute atomic E-state index is 0.196. The smallest absolute Gasteiger partial charge is 0.319 e. The van der Waals surface area contributed by atoms with E-state index in [9.17, 15) is 4.79 Å². The number of thiophene rings is 1. The quantitative estimate of drug-likeness (QED) is 0.769. The molecule has 21 heavy (non-hydrogen) atoms. The van der Waals surface area contributed by atoms with Crippen LogP contribution >= 0.6 is 11.3 Å². The third-order valence-corrected chi connectivity index (χ3v) is 4.26. The van der Waals surface area contributed by atoms with Gasteiger partial charge in [-0.2, -0.15) is 0 Å². The summed E-state index contributed by atoms with van der Waals surface area (Å²) in [5, 5.41) is 6.83. The Labute approximate surface area is 126 Å². The molecule has 0 radical (unpaired) electrons. The summed E-state index contributed by atoms with van der Waals surface area (Å²) in [5.41, 5.74) is 1.94. The van der Waals surface area contributed by atoms with Crippen molar-refractivity contribution in [2.75, 3.05) is 5.32 Å². The van der Waals surface area contributed by atoms with Crippen LogP contribution in [0.3, 0.4) is 0 Å². The number of nitrogens with zero attached hydrogens (tertiary/aromatic N) is 1. The summed E-state index contributed by atoms with van der Waals surface area (Å²) >= 11 is 1.63. The molecule has 0 atom stereocenters. The van der Waals surface area contributed by atoms with Crippen molar-refractivity contribution in [1.82, 2.24) is 10.3 Å². The highest BCUT2D eigenvalue weighted by molar-refractivity contribution is 7.19. The molecule has 0 fully saturated rings. The van der Waals surface area contributed by atoms with Gasteiger partial charge in [0.05, 0.1) is 10.4 Å². The van der Waals surface area contributed by atoms with Crippen LogP contribution in [0.4, 0.5) is 10.5 Å². The van der Waals surface area contributed by atoms with Crippen LogP contribution in [-0.2, 0) is 6.54 Å². The van der Waals surface area contributed by atoms with Crippen LogP contribution in [-0.4, -0.2) is 11.0 Å². The molecule has 2 amide bonds. The van der Waals surface area contributed by atoms with Crippen LogP contribution < -0.4 is 10.6 Å². The minimum Gasteiger partial charge on any atom is -0.334 e. The van der Waals surface area contributed by atoms with Gasteiger partial charge < -0.3 is 10.6 Å². The number of carbonyl (C=O) groups is 1. The van der Waals surface area contributed by atoms with E-state index in [2.05, 4.69) is 15.6 Å². The van der Waals surface area contributed by atoms with Crippen LogP contribution in [0.1, 0.15) is 10.4 Å². The summed E-state index contributed by atoms with van der Waals surface area (Å²) in [7, 11) is 0. The number of aromatic nitrogens is 1. The minimum atomic E-state index is -0.196. The highest BCUT2D eigenvalue weighted by atomic mass is 32.1. The van der Waals surface area contributed by atoms with Crippen molar-refractivity contribution in [1.29, 1.82) is 0 Å². The number of amides is 2. The predicted octanol–water partition coefficient (Wildman–Crippen LogP) is 3.93. The van der Waals surface area contributed by atoms with Gasteiger partial charge >= 0.3 is 6.03 Å². The Hall–Kier alpha value is -2.40. The largest absolute Gasteiger partial charge is 0.334 e. The van der Waals surface area contributed by atoms with Gasteiger partial charge in [-0.3, -0.25) is 4.98 Å². The summed E-state index contributed by atoms with van der Waals surface area (Å²) in [6.07, 6.45) is 3.56. The fraction of sp³-hybridized carbons (Fsp3) is 0.125. The highest BCUT2D eigenvalue weighted by Gasteiger charge is 2.11. The Morgan fingerprint density at radius 2 is 2.05 bits per heavy atom. The predicted molar refractivity (Wildman–Crippen MR) is 86.7 cm³/mol. The monoisotopic (exact) mass is 297 g/mol. The normalized spacial score (nSPS) is 10.5. The topological polar surface area (TPSA) is 54.0 Å². The van der Waals surface area contributed by atoms with E-state index in [1.807, 2.05) is 49.5 Å². The molecule has 0 aliphatic heterocycles. The summed E-state index contributed by atoms with van der Waals surface area (Å²) in [6.45, 7) is 2.51. The van der Waals surface area contributed by atoms with Crippen LogP contribution in [0.5, 0.6) is 0 Å². The zero-order valence-corrected chi connectivity index (χ0v) is 12.4. The Morgan fingerprint density at radius 1 is 1.24 bits per heavy atom. The maximum Gasteiger partial charge on any atom is 0.319 e. The van der Waals surface area contributed by atoms with Gasteiger partial charge in [0.1, 0.15) is 0 Å². The van der Waals surface area contributed by atoms with Crippen molar-refractivity contribution in [2.24, 2.45) is 0 Å². The number of anilines is 1. The number of fused-ring (bicyclic) bond motifs is 1. The highest BCUT2D eigenvalue weighted by Crippen LogP contribution is 2.34. The fourth-order valence-corrected chi connectivity index (χ4v) is 3.15. The molecule has 106 valence electrons. The van der Waals surface area contributed by atoms with Crippen molar-refractivity contribution in [3.8, 4) is 0 Å². The maximum absolute atomic E-state index is 12.0. The van der Waals surface area contributed by atoms with Crippen LogP contribution in [0, 0.1) is 6.92 Å². The lowest BCUT2D eigenvalue weighted by atomic mass is 10.2. The number of hydrogen-bond donors (Lipinski definition) is 2. The summed E-state index contributed by atoms with van der Waals surface area (Å²) in [4.78, 5) is 17.2. The van der Waals surface area contributed by atoms with Gasteiger partial charge in [-0.1, -0.05) is 30.3 Å². The van der Waals surface area contributed by atoms with Crippen LogP contribution in [0.15, 0.2) is 48.8 Å². The van der Waals surface area contributed by atoms with E-state index >= 15 is 0 Å².